The van der Waals surface area contributed by atoms with Crippen LogP contribution in [0.1, 0.15) is 31.9 Å². The Morgan fingerprint density at radius 1 is 0.789 bits per heavy atom. The van der Waals surface area contributed by atoms with E-state index in [2.05, 4.69) is 45.3 Å². The number of rotatable bonds is 12. The zero-order valence-electron chi connectivity index (χ0n) is 31.1. The molecule has 0 atom stereocenters. The Hall–Kier alpha value is -6.33. The van der Waals surface area contributed by atoms with Gasteiger partial charge in [0.2, 0.25) is 22.7 Å². The predicted octanol–water partition coefficient (Wildman–Crippen LogP) is 2.22. The molecule has 4 aromatic heterocycles. The minimum Gasteiger partial charge on any atom is -0.480 e. The van der Waals surface area contributed by atoms with Crippen LogP contribution in [0.4, 0.5) is 4.79 Å². The number of thiol groups is 1. The first-order chi connectivity index (χ1) is 27.0. The number of aromatic amines is 2. The van der Waals surface area contributed by atoms with Crippen molar-refractivity contribution in [3.8, 4) is 34.3 Å². The van der Waals surface area contributed by atoms with Crippen molar-refractivity contribution in [2.75, 3.05) is 14.2 Å². The van der Waals surface area contributed by atoms with Crippen molar-refractivity contribution >= 4 is 48.7 Å². The van der Waals surface area contributed by atoms with E-state index in [1.54, 1.807) is 42.6 Å². The first-order valence-electron chi connectivity index (χ1n) is 16.7. The average molecular weight is 823 g/mol. The molecule has 6 aromatic rings. The van der Waals surface area contributed by atoms with Crippen LogP contribution in [0.5, 0.6) is 11.8 Å². The molecule has 0 aliphatic rings. The van der Waals surface area contributed by atoms with Gasteiger partial charge in [-0.3, -0.25) is 9.59 Å². The first-order valence-corrected chi connectivity index (χ1v) is 19.3. The molecule has 0 fully saturated rings. The molecule has 0 aliphatic carbocycles. The summed E-state index contributed by atoms with van der Waals surface area (Å²) in [5, 5.41) is 23.4. The number of pyridine rings is 2. The Bertz CT molecular complexity index is 2710. The number of carboxylic acid groups (broad SMARTS) is 1. The molecule has 0 spiro atoms. The summed E-state index contributed by atoms with van der Waals surface area (Å²) in [6.45, 7) is 4.71. The van der Waals surface area contributed by atoms with E-state index >= 15 is 0 Å². The van der Waals surface area contributed by atoms with Gasteiger partial charge in [-0.1, -0.05) is 48.5 Å². The number of benzene rings is 2. The highest BCUT2D eigenvalue weighted by Crippen LogP contribution is 2.28. The molecule has 2 aromatic carbocycles. The molecule has 300 valence electrons. The number of nitrogens with zero attached hydrogens (tertiary/aromatic N) is 5. The van der Waals surface area contributed by atoms with E-state index in [0.717, 1.165) is 11.1 Å². The van der Waals surface area contributed by atoms with Crippen LogP contribution in [0.15, 0.2) is 82.6 Å². The summed E-state index contributed by atoms with van der Waals surface area (Å²) < 4.78 is 59.0. The van der Waals surface area contributed by atoms with Gasteiger partial charge in [-0.15, -0.1) is 0 Å². The van der Waals surface area contributed by atoms with Crippen LogP contribution in [0, 0.1) is 0 Å². The molecule has 0 aliphatic heterocycles. The number of methoxy groups -OCH3 is 2. The quantitative estimate of drug-likeness (QED) is 0.0688. The highest BCUT2D eigenvalue weighted by molar-refractivity contribution is 7.87. The van der Waals surface area contributed by atoms with Gasteiger partial charge in [0.1, 0.15) is 10.8 Å². The van der Waals surface area contributed by atoms with Crippen molar-refractivity contribution in [3.05, 3.63) is 105 Å². The molecule has 0 unspecified atom stereocenters. The number of H-pyrrole nitrogens is 2. The lowest BCUT2D eigenvalue weighted by Crippen LogP contribution is -2.53. The Balaban J connectivity index is 0.000000224. The van der Waals surface area contributed by atoms with Crippen LogP contribution in [0.2, 0.25) is 0 Å². The summed E-state index contributed by atoms with van der Waals surface area (Å²) in [5.41, 5.74) is 4.88. The maximum atomic E-state index is 12.5. The topological polar surface area (TPSA) is 281 Å². The number of nitrogens with one attached hydrogen (secondary N) is 5. The fraction of sp³-hybridized carbons (Fsp3) is 0.229. The standard InChI is InChI=1S/C20H23N5O6S.C15H15N5O4S/c1-20(2,3)25(19(27)28)32(29,30)22-10-12-5-7-13(8-6-12)15-9-14-11-21-24-17(26)16(14)18(23-15)31-4;1-24-15-13-11(8-16-19-14(13)21)6-12(18-15)10-4-2-9(3-5-10)7-17-20-25(22)23/h5-9,11,22H,10H2,1-4H3,(H,24,26)(H,27,28);2-6,8,17,25H,7H2,1H3,(H,19,21)(H,20,22,23). The van der Waals surface area contributed by atoms with Crippen LogP contribution in [0.25, 0.3) is 44.1 Å². The van der Waals surface area contributed by atoms with Crippen molar-refractivity contribution in [2.24, 2.45) is 0 Å². The zero-order chi connectivity index (χ0) is 41.5. The molecule has 6 N–H and O–H groups in total. The zero-order valence-corrected chi connectivity index (χ0v) is 32.8. The van der Waals surface area contributed by atoms with Gasteiger partial charge >= 0.3 is 16.3 Å². The lowest BCUT2D eigenvalue weighted by Gasteiger charge is -2.31. The number of carbonyl (C=O) groups is 1. The summed E-state index contributed by atoms with van der Waals surface area (Å²) >= 11 is 0. The van der Waals surface area contributed by atoms with E-state index in [-0.39, 0.29) is 23.9 Å². The third-order valence-corrected chi connectivity index (χ3v) is 10.1. The monoisotopic (exact) mass is 822 g/mol. The van der Waals surface area contributed by atoms with Crippen LogP contribution < -0.4 is 35.6 Å². The van der Waals surface area contributed by atoms with Crippen LogP contribution in [-0.4, -0.2) is 82.5 Å². The van der Waals surface area contributed by atoms with E-state index in [0.29, 0.717) is 54.9 Å². The highest BCUT2D eigenvalue weighted by Gasteiger charge is 2.37. The van der Waals surface area contributed by atoms with Gasteiger partial charge in [0.15, 0.2) is 0 Å². The predicted molar refractivity (Wildman–Crippen MR) is 210 cm³/mol. The lowest BCUT2D eigenvalue weighted by atomic mass is 10.1. The normalized spacial score (nSPS) is 11.6. The van der Waals surface area contributed by atoms with Gasteiger partial charge in [-0.05, 0) is 44.0 Å². The van der Waals surface area contributed by atoms with E-state index in [9.17, 15) is 36.3 Å². The van der Waals surface area contributed by atoms with E-state index in [1.165, 1.54) is 41.2 Å². The molecule has 6 rings (SSSR count). The molecule has 0 saturated carbocycles. The Kier molecular flexibility index (Phi) is 12.9. The second-order valence-electron chi connectivity index (χ2n) is 13.0. The van der Waals surface area contributed by atoms with Gasteiger partial charge in [0.05, 0.1) is 43.5 Å². The number of hydrogen-bond acceptors (Lipinski definition) is 14. The highest BCUT2D eigenvalue weighted by atomic mass is 32.2. The van der Waals surface area contributed by atoms with Gasteiger partial charge in [-0.25, -0.2) is 38.8 Å². The van der Waals surface area contributed by atoms with Crippen molar-refractivity contribution in [1.29, 1.82) is 0 Å². The molecule has 57 heavy (non-hydrogen) atoms. The minimum absolute atomic E-state index is 0.101. The van der Waals surface area contributed by atoms with E-state index < -0.39 is 38.3 Å². The Morgan fingerprint density at radius 3 is 1.61 bits per heavy atom. The van der Waals surface area contributed by atoms with Crippen molar-refractivity contribution in [3.63, 3.8) is 0 Å². The molecule has 0 bridgehead atoms. The summed E-state index contributed by atoms with van der Waals surface area (Å²) in [7, 11) is -4.08. The largest absolute Gasteiger partial charge is 0.480 e. The lowest BCUT2D eigenvalue weighted by molar-refractivity contribution is 0.145. The molecular formula is C35H38N10O10S2. The summed E-state index contributed by atoms with van der Waals surface area (Å²) in [6.07, 6.45) is 1.47. The molecular weight excluding hydrogens is 785 g/mol. The summed E-state index contributed by atoms with van der Waals surface area (Å²) in [5.74, 6) is 0.388. The molecule has 1 amide bonds. The van der Waals surface area contributed by atoms with Crippen LogP contribution in [0.3, 0.4) is 0 Å². The first kappa shape index (κ1) is 41.8. The van der Waals surface area contributed by atoms with Gasteiger partial charge in [-0.2, -0.15) is 32.5 Å². The van der Waals surface area contributed by atoms with Crippen LogP contribution in [-0.2, 0) is 34.2 Å². The number of ether oxygens (including phenoxy) is 2. The Labute approximate surface area is 326 Å². The SMILES string of the molecule is COc1nc(-c2ccc(CNN[SH](=O)=O)cc2)cc2cn[nH]c(=O)c12.COc1nc(-c2ccc(CNS(=O)(=O)N(C(=O)O)C(C)(C)C)cc2)cc2cn[nH]c(=O)c12. The van der Waals surface area contributed by atoms with Crippen molar-refractivity contribution in [2.45, 2.75) is 39.4 Å². The summed E-state index contributed by atoms with van der Waals surface area (Å²) in [6, 6.07) is 17.7. The van der Waals surface area contributed by atoms with E-state index in [4.69, 9.17) is 9.47 Å². The molecule has 0 saturated heterocycles. The van der Waals surface area contributed by atoms with Crippen molar-refractivity contribution < 1.29 is 36.2 Å². The fourth-order valence-electron chi connectivity index (χ4n) is 5.55. The maximum absolute atomic E-state index is 12.5. The third-order valence-electron chi connectivity index (χ3n) is 8.06. The van der Waals surface area contributed by atoms with Crippen LogP contribution >= 0.6 is 0 Å². The number of hydrogen-bond donors (Lipinski definition) is 7. The Morgan fingerprint density at radius 2 is 1.23 bits per heavy atom. The molecule has 0 radical (unpaired) electrons. The molecule has 4 heterocycles. The molecule has 20 nitrogen and oxygen atoms in total. The third kappa shape index (κ3) is 10.1. The van der Waals surface area contributed by atoms with Gasteiger partial charge < -0.3 is 14.6 Å². The van der Waals surface area contributed by atoms with Gasteiger partial charge in [0.25, 0.3) is 11.1 Å². The maximum Gasteiger partial charge on any atom is 0.422 e. The number of amides is 1. The summed E-state index contributed by atoms with van der Waals surface area (Å²) in [4.78, 5) is 46.2. The second-order valence-corrected chi connectivity index (χ2v) is 15.4. The second kappa shape index (κ2) is 17.6. The fourth-order valence-corrected chi connectivity index (χ4v) is 7.16. The average Bonchev–Trinajstić information content (AvgIpc) is 3.16. The van der Waals surface area contributed by atoms with Gasteiger partial charge in [0, 0.05) is 35.0 Å². The van der Waals surface area contributed by atoms with E-state index in [1.807, 2.05) is 24.3 Å². The number of hydrazine groups is 1. The minimum atomic E-state index is -4.26. The molecule has 22 heteroatoms. The number of aromatic nitrogens is 6. The smallest absolute Gasteiger partial charge is 0.422 e. The number of fused-ring (bicyclic) bond motifs is 2. The van der Waals surface area contributed by atoms with Crippen molar-refractivity contribution in [1.82, 2.24) is 49.6 Å².